The van der Waals surface area contributed by atoms with Gasteiger partial charge in [-0.2, -0.15) is 0 Å². The molecule has 3 aromatic rings. The average Bonchev–Trinajstić information content (AvgIpc) is 3.17. The minimum Gasteiger partial charge on any atom is -0.493 e. The third-order valence-corrected chi connectivity index (χ3v) is 4.08. The van der Waals surface area contributed by atoms with Gasteiger partial charge in [-0.3, -0.25) is 14.9 Å². The maximum Gasteiger partial charge on any atom is 0.309 e. The molecule has 0 aliphatic heterocycles. The van der Waals surface area contributed by atoms with Crippen LogP contribution in [0.15, 0.2) is 59.1 Å². The van der Waals surface area contributed by atoms with Crippen LogP contribution in [0.25, 0.3) is 11.3 Å². The van der Waals surface area contributed by atoms with Crippen LogP contribution in [-0.4, -0.2) is 30.2 Å². The Kier molecular flexibility index (Phi) is 6.63. The maximum atomic E-state index is 11.9. The number of aromatic nitrogens is 1. The molecule has 0 saturated carbocycles. The van der Waals surface area contributed by atoms with Gasteiger partial charge in [0.25, 0.3) is 5.91 Å². The molecule has 3 rings (SSSR count). The van der Waals surface area contributed by atoms with Crippen LogP contribution in [0.1, 0.15) is 17.5 Å². The zero-order valence-electron chi connectivity index (χ0n) is 16.3. The molecule has 0 aliphatic carbocycles. The topological polar surface area (TPSA) is 90.7 Å². The van der Waals surface area contributed by atoms with Gasteiger partial charge in [0.2, 0.25) is 5.88 Å². The van der Waals surface area contributed by atoms with E-state index in [1.165, 1.54) is 0 Å². The summed E-state index contributed by atoms with van der Waals surface area (Å²) >= 11 is 0. The van der Waals surface area contributed by atoms with Crippen molar-refractivity contribution in [1.29, 1.82) is 0 Å². The summed E-state index contributed by atoms with van der Waals surface area (Å²) < 4.78 is 15.5. The molecule has 7 heteroatoms. The normalized spacial score (nSPS) is 10.4. The summed E-state index contributed by atoms with van der Waals surface area (Å²) in [5.41, 5.74) is 3.74. The minimum atomic E-state index is -0.523. The molecule has 1 aromatic heterocycles. The van der Waals surface area contributed by atoms with Gasteiger partial charge in [0.15, 0.2) is 6.61 Å². The number of benzene rings is 2. The van der Waals surface area contributed by atoms with E-state index in [9.17, 15) is 9.59 Å². The van der Waals surface area contributed by atoms with Crippen molar-refractivity contribution >= 4 is 17.8 Å². The minimum absolute atomic E-state index is 0.0427. The molecule has 29 heavy (non-hydrogen) atoms. The van der Waals surface area contributed by atoms with E-state index >= 15 is 0 Å². The first-order chi connectivity index (χ1) is 14.0. The fraction of sp³-hybridized carbons (Fsp3) is 0.227. The van der Waals surface area contributed by atoms with Crippen LogP contribution in [0.4, 0.5) is 5.88 Å². The van der Waals surface area contributed by atoms with Gasteiger partial charge < -0.3 is 14.0 Å². The van der Waals surface area contributed by atoms with Crippen molar-refractivity contribution in [1.82, 2.24) is 5.16 Å². The second-order valence-corrected chi connectivity index (χ2v) is 6.56. The molecular formula is C22H22N2O5. The van der Waals surface area contributed by atoms with Gasteiger partial charge in [-0.05, 0) is 26.0 Å². The summed E-state index contributed by atoms with van der Waals surface area (Å²) in [6, 6.07) is 16.9. The average molecular weight is 394 g/mol. The lowest BCUT2D eigenvalue weighted by atomic mass is 10.1. The standard InChI is InChI=1S/C22H22N2O5/c1-15-3-7-17(8-4-15)19-13-21(29-24-19)23-20(25)14-28-22(26)11-12-27-18-9-5-16(2)6-10-18/h3-10,13H,11-12,14H2,1-2H3,(H,23,25). The van der Waals surface area contributed by atoms with Crippen LogP contribution >= 0.6 is 0 Å². The number of rotatable bonds is 8. The largest absolute Gasteiger partial charge is 0.493 e. The lowest BCUT2D eigenvalue weighted by molar-refractivity contribution is -0.147. The van der Waals surface area contributed by atoms with Crippen LogP contribution in [0.3, 0.4) is 0 Å². The summed E-state index contributed by atoms with van der Waals surface area (Å²) in [5.74, 6) is -0.172. The van der Waals surface area contributed by atoms with Gasteiger partial charge in [-0.1, -0.05) is 52.7 Å². The van der Waals surface area contributed by atoms with Crippen molar-refractivity contribution in [2.75, 3.05) is 18.5 Å². The second-order valence-electron chi connectivity index (χ2n) is 6.56. The number of amides is 1. The highest BCUT2D eigenvalue weighted by molar-refractivity contribution is 5.92. The molecule has 0 unspecified atom stereocenters. The van der Waals surface area contributed by atoms with Crippen molar-refractivity contribution in [2.24, 2.45) is 0 Å². The maximum absolute atomic E-state index is 11.9. The molecule has 0 radical (unpaired) electrons. The van der Waals surface area contributed by atoms with E-state index in [-0.39, 0.29) is 18.9 Å². The van der Waals surface area contributed by atoms with Gasteiger partial charge >= 0.3 is 5.97 Å². The number of aryl methyl sites for hydroxylation is 2. The van der Waals surface area contributed by atoms with Crippen LogP contribution in [0, 0.1) is 13.8 Å². The van der Waals surface area contributed by atoms with Crippen molar-refractivity contribution in [2.45, 2.75) is 20.3 Å². The number of hydrogen-bond acceptors (Lipinski definition) is 6. The fourth-order valence-electron chi connectivity index (χ4n) is 2.47. The smallest absolute Gasteiger partial charge is 0.309 e. The zero-order valence-corrected chi connectivity index (χ0v) is 16.3. The Hall–Kier alpha value is -3.61. The Bertz CT molecular complexity index is 962. The van der Waals surface area contributed by atoms with Gasteiger partial charge in [-0.25, -0.2) is 0 Å². The first-order valence-electron chi connectivity index (χ1n) is 9.18. The fourth-order valence-corrected chi connectivity index (χ4v) is 2.47. The van der Waals surface area contributed by atoms with Crippen LogP contribution in [0.5, 0.6) is 5.75 Å². The molecule has 1 N–H and O–H groups in total. The predicted molar refractivity (Wildman–Crippen MR) is 108 cm³/mol. The summed E-state index contributed by atoms with van der Waals surface area (Å²) in [6.45, 7) is 3.73. The van der Waals surface area contributed by atoms with E-state index in [0.29, 0.717) is 11.4 Å². The van der Waals surface area contributed by atoms with E-state index in [1.807, 2.05) is 62.4 Å². The molecule has 0 atom stereocenters. The lowest BCUT2D eigenvalue weighted by Gasteiger charge is -2.07. The highest BCUT2D eigenvalue weighted by atomic mass is 16.5. The van der Waals surface area contributed by atoms with Gasteiger partial charge in [-0.15, -0.1) is 0 Å². The van der Waals surface area contributed by atoms with Crippen LogP contribution in [0.2, 0.25) is 0 Å². The Morgan fingerprint density at radius 2 is 1.66 bits per heavy atom. The number of carbonyl (C=O) groups excluding carboxylic acids is 2. The molecule has 0 bridgehead atoms. The highest BCUT2D eigenvalue weighted by Crippen LogP contribution is 2.22. The van der Waals surface area contributed by atoms with Crippen molar-refractivity contribution < 1.29 is 23.6 Å². The SMILES string of the molecule is Cc1ccc(OCCC(=O)OCC(=O)Nc2cc(-c3ccc(C)cc3)no2)cc1. The summed E-state index contributed by atoms with van der Waals surface area (Å²) in [6.07, 6.45) is 0.0427. The van der Waals surface area contributed by atoms with E-state index in [1.54, 1.807) is 6.07 Å². The Labute approximate surface area is 168 Å². The Morgan fingerprint density at radius 3 is 2.34 bits per heavy atom. The zero-order chi connectivity index (χ0) is 20.6. The molecule has 1 heterocycles. The quantitative estimate of drug-likeness (QED) is 0.583. The van der Waals surface area contributed by atoms with E-state index < -0.39 is 18.5 Å². The number of nitrogens with one attached hydrogen (secondary N) is 1. The van der Waals surface area contributed by atoms with Crippen molar-refractivity contribution in [3.8, 4) is 17.0 Å². The van der Waals surface area contributed by atoms with Gasteiger partial charge in [0.1, 0.15) is 11.4 Å². The monoisotopic (exact) mass is 394 g/mol. The summed E-state index contributed by atoms with van der Waals surface area (Å²) in [4.78, 5) is 23.7. The molecule has 0 fully saturated rings. The molecule has 0 spiro atoms. The van der Waals surface area contributed by atoms with Crippen molar-refractivity contribution in [3.05, 3.63) is 65.7 Å². The van der Waals surface area contributed by atoms with E-state index in [2.05, 4.69) is 10.5 Å². The number of hydrogen-bond donors (Lipinski definition) is 1. The number of anilines is 1. The number of carbonyl (C=O) groups is 2. The molecular weight excluding hydrogens is 372 g/mol. The molecule has 0 aliphatic rings. The lowest BCUT2D eigenvalue weighted by Crippen LogP contribution is -2.21. The number of nitrogens with zero attached hydrogens (tertiary/aromatic N) is 1. The Morgan fingerprint density at radius 1 is 1.00 bits per heavy atom. The first kappa shape index (κ1) is 20.1. The van der Waals surface area contributed by atoms with Gasteiger partial charge in [0, 0.05) is 11.6 Å². The van der Waals surface area contributed by atoms with Crippen molar-refractivity contribution in [3.63, 3.8) is 0 Å². The molecule has 7 nitrogen and oxygen atoms in total. The number of ether oxygens (including phenoxy) is 2. The third-order valence-electron chi connectivity index (χ3n) is 4.08. The Balaban J connectivity index is 1.38. The molecule has 150 valence electrons. The third kappa shape index (κ3) is 6.21. The number of esters is 1. The molecule has 1 amide bonds. The molecule has 0 saturated heterocycles. The predicted octanol–water partition coefficient (Wildman–Crippen LogP) is 3.91. The summed E-state index contributed by atoms with van der Waals surface area (Å²) in [7, 11) is 0. The second kappa shape index (κ2) is 9.54. The van der Waals surface area contributed by atoms with E-state index in [0.717, 1.165) is 16.7 Å². The van der Waals surface area contributed by atoms with Crippen LogP contribution in [-0.2, 0) is 14.3 Å². The van der Waals surface area contributed by atoms with Gasteiger partial charge in [0.05, 0.1) is 13.0 Å². The van der Waals surface area contributed by atoms with E-state index in [4.69, 9.17) is 14.0 Å². The van der Waals surface area contributed by atoms with Crippen LogP contribution < -0.4 is 10.1 Å². The highest BCUT2D eigenvalue weighted by Gasteiger charge is 2.12. The molecule has 2 aromatic carbocycles. The summed E-state index contributed by atoms with van der Waals surface area (Å²) in [5, 5.41) is 6.43. The first-order valence-corrected chi connectivity index (χ1v) is 9.18.